The molecule has 0 bridgehead atoms. The van der Waals surface area contributed by atoms with Crippen molar-refractivity contribution in [2.45, 2.75) is 16.0 Å². The molecule has 0 spiro atoms. The van der Waals surface area contributed by atoms with E-state index in [0.29, 0.717) is 0 Å². The summed E-state index contributed by atoms with van der Waals surface area (Å²) in [6.45, 7) is 0. The van der Waals surface area contributed by atoms with E-state index in [4.69, 9.17) is 0 Å². The van der Waals surface area contributed by atoms with Crippen molar-refractivity contribution in [3.63, 3.8) is 0 Å². The number of rotatable bonds is 3. The number of nitrogens with zero attached hydrogens (tertiary/aromatic N) is 3. The second-order valence-electron chi connectivity index (χ2n) is 4.64. The number of sulfone groups is 1. The average molecular weight is 355 g/mol. The Morgan fingerprint density at radius 1 is 1.00 bits per heavy atom. The fraction of sp³-hybridized carbons (Fsp3) is 0.0714. The Morgan fingerprint density at radius 2 is 1.71 bits per heavy atom. The summed E-state index contributed by atoms with van der Waals surface area (Å²) in [5.74, 6) is -1.85. The predicted octanol–water partition coefficient (Wildman–Crippen LogP) is 2.98. The number of pyridine rings is 1. The zero-order valence-corrected chi connectivity index (χ0v) is 12.5. The fourth-order valence-corrected chi connectivity index (χ4v) is 3.20. The highest BCUT2D eigenvalue weighted by Gasteiger charge is 2.38. The predicted molar refractivity (Wildman–Crippen MR) is 74.4 cm³/mol. The summed E-state index contributed by atoms with van der Waals surface area (Å²) in [5.41, 5.74) is 0.0874. The molecule has 0 amide bonds. The Labute approximate surface area is 133 Å². The summed E-state index contributed by atoms with van der Waals surface area (Å²) >= 11 is 0. The SMILES string of the molecule is O=S(=O)(c1ccncc1)c1cccc(-c2noc(C(F)(F)F)n2)c1. The van der Waals surface area contributed by atoms with Gasteiger partial charge in [0, 0.05) is 18.0 Å². The molecule has 0 aliphatic rings. The summed E-state index contributed by atoms with van der Waals surface area (Å²) in [7, 11) is -3.84. The van der Waals surface area contributed by atoms with E-state index >= 15 is 0 Å². The van der Waals surface area contributed by atoms with Gasteiger partial charge in [-0.1, -0.05) is 17.3 Å². The van der Waals surface area contributed by atoms with E-state index in [0.717, 1.165) is 0 Å². The first kappa shape index (κ1) is 16.1. The van der Waals surface area contributed by atoms with Gasteiger partial charge in [-0.05, 0) is 24.3 Å². The Kier molecular flexibility index (Phi) is 3.84. The minimum absolute atomic E-state index is 0.0127. The lowest BCUT2D eigenvalue weighted by Crippen LogP contribution is -2.05. The zero-order valence-electron chi connectivity index (χ0n) is 11.7. The van der Waals surface area contributed by atoms with Crippen LogP contribution in [0.25, 0.3) is 11.4 Å². The smallest absolute Gasteiger partial charge is 0.329 e. The van der Waals surface area contributed by atoms with Crippen LogP contribution < -0.4 is 0 Å². The first-order chi connectivity index (χ1) is 11.3. The van der Waals surface area contributed by atoms with E-state index in [2.05, 4.69) is 19.6 Å². The van der Waals surface area contributed by atoms with E-state index in [9.17, 15) is 21.6 Å². The lowest BCUT2D eigenvalue weighted by Gasteiger charge is -2.05. The lowest BCUT2D eigenvalue weighted by molar-refractivity contribution is -0.159. The van der Waals surface area contributed by atoms with Crippen molar-refractivity contribution >= 4 is 9.84 Å². The third kappa shape index (κ3) is 3.00. The van der Waals surface area contributed by atoms with Crippen LogP contribution in [-0.2, 0) is 16.0 Å². The van der Waals surface area contributed by atoms with Crippen molar-refractivity contribution < 1.29 is 26.1 Å². The molecular formula is C14H8F3N3O3S. The molecule has 0 fully saturated rings. The van der Waals surface area contributed by atoms with Gasteiger partial charge in [0.25, 0.3) is 0 Å². The van der Waals surface area contributed by atoms with Crippen molar-refractivity contribution in [3.8, 4) is 11.4 Å². The molecule has 0 aliphatic heterocycles. The largest absolute Gasteiger partial charge is 0.471 e. The first-order valence-electron chi connectivity index (χ1n) is 6.45. The van der Waals surface area contributed by atoms with E-state index in [1.54, 1.807) is 0 Å². The lowest BCUT2D eigenvalue weighted by atomic mass is 10.2. The maximum atomic E-state index is 12.5. The van der Waals surface area contributed by atoms with Crippen LogP contribution >= 0.6 is 0 Å². The van der Waals surface area contributed by atoms with Crippen LogP contribution in [0.4, 0.5) is 13.2 Å². The van der Waals surface area contributed by atoms with E-state index < -0.39 is 21.9 Å². The van der Waals surface area contributed by atoms with Crippen molar-refractivity contribution in [3.05, 3.63) is 54.7 Å². The number of hydrogen-bond donors (Lipinski definition) is 0. The Morgan fingerprint density at radius 3 is 2.33 bits per heavy atom. The van der Waals surface area contributed by atoms with Gasteiger partial charge < -0.3 is 4.52 Å². The topological polar surface area (TPSA) is 86.0 Å². The van der Waals surface area contributed by atoms with Crippen LogP contribution in [0.15, 0.2) is 63.1 Å². The maximum absolute atomic E-state index is 12.5. The van der Waals surface area contributed by atoms with Crippen molar-refractivity contribution in [2.24, 2.45) is 0 Å². The number of aromatic nitrogens is 3. The number of halogens is 3. The van der Waals surface area contributed by atoms with E-state index in [1.165, 1.54) is 48.8 Å². The van der Waals surface area contributed by atoms with Crippen LogP contribution in [-0.4, -0.2) is 23.5 Å². The van der Waals surface area contributed by atoms with E-state index in [-0.39, 0.29) is 21.2 Å². The number of hydrogen-bond acceptors (Lipinski definition) is 6. The van der Waals surface area contributed by atoms with Gasteiger partial charge in [-0.15, -0.1) is 0 Å². The zero-order chi connectivity index (χ0) is 17.4. The summed E-state index contributed by atoms with van der Waals surface area (Å²) < 4.78 is 66.7. The molecule has 124 valence electrons. The van der Waals surface area contributed by atoms with Gasteiger partial charge in [0.2, 0.25) is 15.7 Å². The molecule has 0 saturated carbocycles. The van der Waals surface area contributed by atoms with Gasteiger partial charge in [0.1, 0.15) is 0 Å². The summed E-state index contributed by atoms with van der Waals surface area (Å²) in [6.07, 6.45) is -2.12. The molecule has 0 saturated heterocycles. The van der Waals surface area contributed by atoms with Gasteiger partial charge in [0.15, 0.2) is 0 Å². The third-order valence-corrected chi connectivity index (χ3v) is 4.80. The normalized spacial score (nSPS) is 12.3. The summed E-state index contributed by atoms with van der Waals surface area (Å²) in [4.78, 5) is 6.89. The molecule has 0 unspecified atom stereocenters. The van der Waals surface area contributed by atoms with Crippen molar-refractivity contribution in [2.75, 3.05) is 0 Å². The van der Waals surface area contributed by atoms with Gasteiger partial charge in [-0.25, -0.2) is 8.42 Å². The summed E-state index contributed by atoms with van der Waals surface area (Å²) in [6, 6.07) is 7.91. The molecule has 3 rings (SSSR count). The highest BCUT2D eigenvalue weighted by molar-refractivity contribution is 7.91. The number of benzene rings is 1. The van der Waals surface area contributed by atoms with E-state index in [1.807, 2.05) is 0 Å². The van der Waals surface area contributed by atoms with Crippen LogP contribution in [0.2, 0.25) is 0 Å². The standard InChI is InChI=1S/C14H8F3N3O3S/c15-14(16,17)13-19-12(20-23-13)9-2-1-3-11(8-9)24(21,22)10-4-6-18-7-5-10/h1-8H. The minimum atomic E-state index is -4.77. The molecule has 3 aromatic rings. The second-order valence-corrected chi connectivity index (χ2v) is 6.58. The molecule has 2 aromatic heterocycles. The average Bonchev–Trinajstić information content (AvgIpc) is 3.06. The van der Waals surface area contributed by atoms with Gasteiger partial charge in [-0.2, -0.15) is 18.2 Å². The van der Waals surface area contributed by atoms with Crippen molar-refractivity contribution in [1.29, 1.82) is 0 Å². The van der Waals surface area contributed by atoms with Gasteiger partial charge >= 0.3 is 12.1 Å². The monoisotopic (exact) mass is 355 g/mol. The first-order valence-corrected chi connectivity index (χ1v) is 7.93. The van der Waals surface area contributed by atoms with Crippen LogP contribution in [0.5, 0.6) is 0 Å². The Bertz CT molecular complexity index is 969. The third-order valence-electron chi connectivity index (χ3n) is 3.03. The van der Waals surface area contributed by atoms with Crippen molar-refractivity contribution in [1.82, 2.24) is 15.1 Å². The Hall–Kier alpha value is -2.75. The van der Waals surface area contributed by atoms with Gasteiger partial charge in [-0.3, -0.25) is 4.98 Å². The minimum Gasteiger partial charge on any atom is -0.329 e. The quantitative estimate of drug-likeness (QED) is 0.718. The Balaban J connectivity index is 2.03. The molecule has 10 heteroatoms. The maximum Gasteiger partial charge on any atom is 0.471 e. The molecule has 0 N–H and O–H groups in total. The van der Waals surface area contributed by atoms with Crippen LogP contribution in [0.3, 0.4) is 0 Å². The molecule has 24 heavy (non-hydrogen) atoms. The van der Waals surface area contributed by atoms with Crippen LogP contribution in [0, 0.1) is 0 Å². The highest BCUT2D eigenvalue weighted by atomic mass is 32.2. The highest BCUT2D eigenvalue weighted by Crippen LogP contribution is 2.30. The molecule has 0 aliphatic carbocycles. The molecule has 0 radical (unpaired) electrons. The van der Waals surface area contributed by atoms with Crippen LogP contribution in [0.1, 0.15) is 5.89 Å². The second kappa shape index (κ2) is 5.71. The summed E-state index contributed by atoms with van der Waals surface area (Å²) in [5, 5.41) is 3.24. The fourth-order valence-electron chi connectivity index (χ4n) is 1.91. The molecule has 2 heterocycles. The number of alkyl halides is 3. The molecule has 0 atom stereocenters. The van der Waals surface area contributed by atoms with Gasteiger partial charge in [0.05, 0.1) is 9.79 Å². The molecular weight excluding hydrogens is 347 g/mol. The molecule has 1 aromatic carbocycles. The molecule has 6 nitrogen and oxygen atoms in total.